The average molecular weight is 304 g/mol. The van der Waals surface area contributed by atoms with Crippen LogP contribution < -0.4 is 4.74 Å². The van der Waals surface area contributed by atoms with Crippen molar-refractivity contribution in [3.63, 3.8) is 0 Å². The van der Waals surface area contributed by atoms with Crippen molar-refractivity contribution in [2.24, 2.45) is 5.92 Å². The minimum atomic E-state index is 0.416. The smallest absolute Gasteiger partial charge is 0.126 e. The van der Waals surface area contributed by atoms with Crippen LogP contribution in [-0.2, 0) is 0 Å². The number of fused-ring (bicyclic) bond motifs is 1. The first-order valence-corrected chi connectivity index (χ1v) is 8.36. The molecule has 0 spiro atoms. The zero-order chi connectivity index (χ0) is 16.2. The van der Waals surface area contributed by atoms with Crippen LogP contribution in [0.25, 0.3) is 12.2 Å². The number of hydrogen-bond donors (Lipinski definition) is 0. The summed E-state index contributed by atoms with van der Waals surface area (Å²) in [4.78, 5) is 0. The summed E-state index contributed by atoms with van der Waals surface area (Å²) in [5, 5.41) is 0. The molecule has 1 atom stereocenters. The number of allylic oxidation sites excluding steroid dienone is 1. The van der Waals surface area contributed by atoms with Crippen LogP contribution >= 0.6 is 0 Å². The lowest BCUT2D eigenvalue weighted by Gasteiger charge is -2.21. The van der Waals surface area contributed by atoms with Crippen LogP contribution in [0.3, 0.4) is 0 Å². The first-order chi connectivity index (χ1) is 11.2. The van der Waals surface area contributed by atoms with Crippen LogP contribution in [0.4, 0.5) is 0 Å². The molecule has 1 unspecified atom stereocenters. The highest BCUT2D eigenvalue weighted by Gasteiger charge is 2.15. The van der Waals surface area contributed by atoms with Crippen molar-refractivity contribution < 1.29 is 4.74 Å². The highest BCUT2D eigenvalue weighted by atomic mass is 16.5. The van der Waals surface area contributed by atoms with E-state index in [1.54, 1.807) is 0 Å². The topological polar surface area (TPSA) is 9.23 Å². The van der Waals surface area contributed by atoms with Gasteiger partial charge in [-0.15, -0.1) is 0 Å². The summed E-state index contributed by atoms with van der Waals surface area (Å²) in [7, 11) is 0. The first kappa shape index (κ1) is 15.6. The standard InChI is InChI=1S/C22H24O/c1-4-18-15-23-22-8-6-5-7-19(22)11-12-20(18)14-21-13-16(2)9-10-17(21)3/h5-14,18H,4,15H2,1-3H3. The van der Waals surface area contributed by atoms with Crippen LogP contribution in [0, 0.1) is 19.8 Å². The van der Waals surface area contributed by atoms with Gasteiger partial charge in [0.1, 0.15) is 5.75 Å². The number of para-hydroxylation sites is 1. The minimum absolute atomic E-state index is 0.416. The van der Waals surface area contributed by atoms with Gasteiger partial charge in [-0.3, -0.25) is 0 Å². The molecule has 1 nitrogen and oxygen atoms in total. The van der Waals surface area contributed by atoms with Gasteiger partial charge in [-0.05, 0) is 43.0 Å². The molecular weight excluding hydrogens is 280 g/mol. The normalized spacial score (nSPS) is 18.9. The lowest BCUT2D eigenvalue weighted by Crippen LogP contribution is -2.15. The Kier molecular flexibility index (Phi) is 4.66. The summed E-state index contributed by atoms with van der Waals surface area (Å²) < 4.78 is 6.06. The third kappa shape index (κ3) is 3.56. The molecule has 0 bridgehead atoms. The number of aryl methyl sites for hydroxylation is 2. The fourth-order valence-corrected chi connectivity index (χ4v) is 2.97. The van der Waals surface area contributed by atoms with Crippen molar-refractivity contribution in [3.8, 4) is 5.75 Å². The van der Waals surface area contributed by atoms with E-state index < -0.39 is 0 Å². The zero-order valence-corrected chi connectivity index (χ0v) is 14.2. The van der Waals surface area contributed by atoms with Gasteiger partial charge < -0.3 is 4.74 Å². The molecule has 0 aliphatic carbocycles. The summed E-state index contributed by atoms with van der Waals surface area (Å²) in [5.41, 5.74) is 6.41. The van der Waals surface area contributed by atoms with E-state index in [1.807, 2.05) is 12.1 Å². The van der Waals surface area contributed by atoms with E-state index in [0.717, 1.165) is 24.3 Å². The highest BCUT2D eigenvalue weighted by Crippen LogP contribution is 2.29. The van der Waals surface area contributed by atoms with Crippen molar-refractivity contribution in [2.75, 3.05) is 6.61 Å². The Labute approximate surface area is 139 Å². The second-order valence-corrected chi connectivity index (χ2v) is 6.29. The van der Waals surface area contributed by atoms with E-state index in [1.165, 1.54) is 22.3 Å². The Balaban J connectivity index is 2.03. The number of hydrogen-bond acceptors (Lipinski definition) is 1. The summed E-state index contributed by atoms with van der Waals surface area (Å²) in [6, 6.07) is 14.9. The first-order valence-electron chi connectivity index (χ1n) is 8.36. The highest BCUT2D eigenvalue weighted by molar-refractivity contribution is 5.66. The summed E-state index contributed by atoms with van der Waals surface area (Å²) in [6.45, 7) is 7.28. The molecule has 0 fully saturated rings. The molecule has 1 aliphatic rings. The monoisotopic (exact) mass is 304 g/mol. The molecule has 1 heterocycles. The van der Waals surface area contributed by atoms with Crippen LogP contribution in [0.2, 0.25) is 0 Å². The molecule has 0 saturated carbocycles. The van der Waals surface area contributed by atoms with Crippen molar-refractivity contribution >= 4 is 12.2 Å². The Bertz CT molecular complexity index is 752. The zero-order valence-electron chi connectivity index (χ0n) is 14.2. The van der Waals surface area contributed by atoms with Crippen LogP contribution in [-0.4, -0.2) is 6.61 Å². The number of benzene rings is 2. The minimum Gasteiger partial charge on any atom is -0.492 e. The lowest BCUT2D eigenvalue weighted by molar-refractivity contribution is 0.267. The van der Waals surface area contributed by atoms with Crippen molar-refractivity contribution in [1.29, 1.82) is 0 Å². The molecule has 0 saturated heterocycles. The van der Waals surface area contributed by atoms with Crippen LogP contribution in [0.1, 0.15) is 35.6 Å². The molecule has 0 aromatic heterocycles. The van der Waals surface area contributed by atoms with E-state index in [0.29, 0.717) is 5.92 Å². The molecule has 1 aliphatic heterocycles. The maximum absolute atomic E-state index is 6.06. The Hall–Kier alpha value is -2.28. The predicted octanol–water partition coefficient (Wildman–Crippen LogP) is 5.82. The maximum atomic E-state index is 6.06. The largest absolute Gasteiger partial charge is 0.492 e. The maximum Gasteiger partial charge on any atom is 0.126 e. The average Bonchev–Trinajstić information content (AvgIpc) is 2.54. The third-order valence-corrected chi connectivity index (χ3v) is 4.54. The summed E-state index contributed by atoms with van der Waals surface area (Å²) in [5.74, 6) is 1.40. The summed E-state index contributed by atoms with van der Waals surface area (Å²) >= 11 is 0. The third-order valence-electron chi connectivity index (χ3n) is 4.54. The van der Waals surface area contributed by atoms with E-state index in [2.05, 4.69) is 69.3 Å². The Morgan fingerprint density at radius 2 is 1.91 bits per heavy atom. The predicted molar refractivity (Wildman–Crippen MR) is 98.6 cm³/mol. The molecule has 0 N–H and O–H groups in total. The molecule has 0 radical (unpaired) electrons. The lowest BCUT2D eigenvalue weighted by atomic mass is 9.92. The van der Waals surface area contributed by atoms with Gasteiger partial charge in [0.05, 0.1) is 6.61 Å². The fraction of sp³-hybridized carbons (Fsp3) is 0.273. The van der Waals surface area contributed by atoms with E-state index in [9.17, 15) is 0 Å². The Morgan fingerprint density at radius 3 is 2.74 bits per heavy atom. The number of ether oxygens (including phenoxy) is 1. The van der Waals surface area contributed by atoms with Crippen LogP contribution in [0.15, 0.2) is 54.1 Å². The van der Waals surface area contributed by atoms with Gasteiger partial charge in [0.15, 0.2) is 0 Å². The van der Waals surface area contributed by atoms with Gasteiger partial charge in [-0.1, -0.05) is 67.1 Å². The van der Waals surface area contributed by atoms with Crippen molar-refractivity contribution in [3.05, 3.63) is 76.4 Å². The molecule has 118 valence electrons. The van der Waals surface area contributed by atoms with Crippen molar-refractivity contribution in [1.82, 2.24) is 0 Å². The van der Waals surface area contributed by atoms with E-state index >= 15 is 0 Å². The fourth-order valence-electron chi connectivity index (χ4n) is 2.97. The number of rotatable bonds is 2. The SMILES string of the molecule is CCC1COc2ccccc2C=CC1=Cc1cc(C)ccc1C. The molecule has 2 aromatic carbocycles. The molecule has 23 heavy (non-hydrogen) atoms. The molecule has 2 aromatic rings. The molecule has 3 rings (SSSR count). The molecule has 1 heteroatoms. The van der Waals surface area contributed by atoms with Gasteiger partial charge in [0.2, 0.25) is 0 Å². The second-order valence-electron chi connectivity index (χ2n) is 6.29. The summed E-state index contributed by atoms with van der Waals surface area (Å²) in [6.07, 6.45) is 7.83. The van der Waals surface area contributed by atoms with Gasteiger partial charge in [0.25, 0.3) is 0 Å². The van der Waals surface area contributed by atoms with Crippen molar-refractivity contribution in [2.45, 2.75) is 27.2 Å². The Morgan fingerprint density at radius 1 is 1.09 bits per heavy atom. The van der Waals surface area contributed by atoms with E-state index in [4.69, 9.17) is 4.74 Å². The van der Waals surface area contributed by atoms with Gasteiger partial charge in [-0.2, -0.15) is 0 Å². The van der Waals surface area contributed by atoms with E-state index in [-0.39, 0.29) is 0 Å². The molecular formula is C22H24O. The van der Waals surface area contributed by atoms with Gasteiger partial charge >= 0.3 is 0 Å². The quantitative estimate of drug-likeness (QED) is 0.679. The second kappa shape index (κ2) is 6.87. The van der Waals surface area contributed by atoms with Gasteiger partial charge in [0, 0.05) is 11.5 Å². The van der Waals surface area contributed by atoms with Crippen LogP contribution in [0.5, 0.6) is 5.75 Å². The van der Waals surface area contributed by atoms with Gasteiger partial charge in [-0.25, -0.2) is 0 Å². The molecule has 0 amide bonds.